The van der Waals surface area contributed by atoms with E-state index in [-0.39, 0.29) is 11.9 Å². The van der Waals surface area contributed by atoms with E-state index >= 15 is 0 Å². The van der Waals surface area contributed by atoms with Crippen molar-refractivity contribution in [3.05, 3.63) is 53.9 Å². The lowest BCUT2D eigenvalue weighted by Crippen LogP contribution is -2.53. The minimum atomic E-state index is -0.190. The maximum Gasteiger partial charge on any atom is 0.242 e. The number of hydrogen-bond acceptors (Lipinski definition) is 3. The Hall–Kier alpha value is -2.14. The zero-order chi connectivity index (χ0) is 15.8. The number of carbonyl (C=O) groups excluding carboxylic acids is 1. The second-order valence-electron chi connectivity index (χ2n) is 6.70. The van der Waals surface area contributed by atoms with E-state index in [0.717, 1.165) is 31.5 Å². The number of benzene rings is 1. The fourth-order valence-corrected chi connectivity index (χ4v) is 3.17. The molecule has 0 bridgehead atoms. The molecule has 0 unspecified atom stereocenters. The van der Waals surface area contributed by atoms with Crippen LogP contribution in [0.1, 0.15) is 36.1 Å². The molecule has 120 valence electrons. The van der Waals surface area contributed by atoms with Crippen molar-refractivity contribution in [2.75, 3.05) is 13.1 Å². The normalized spacial score (nSPS) is 20.0. The number of nitrogens with zero attached hydrogens (tertiary/aromatic N) is 3. The lowest BCUT2D eigenvalue weighted by atomic mass is 9.98. The average molecular weight is 310 g/mol. The molecular weight excluding hydrogens is 288 g/mol. The van der Waals surface area contributed by atoms with Gasteiger partial charge >= 0.3 is 0 Å². The third kappa shape index (κ3) is 3.01. The van der Waals surface area contributed by atoms with E-state index in [4.69, 9.17) is 0 Å². The van der Waals surface area contributed by atoms with Gasteiger partial charge in [0.15, 0.2) is 0 Å². The number of aryl methyl sites for hydroxylation is 1. The quantitative estimate of drug-likeness (QED) is 0.920. The molecule has 1 saturated carbocycles. The van der Waals surface area contributed by atoms with Crippen molar-refractivity contribution in [3.63, 3.8) is 0 Å². The highest BCUT2D eigenvalue weighted by Crippen LogP contribution is 2.32. The summed E-state index contributed by atoms with van der Waals surface area (Å²) in [5.41, 5.74) is 2.25. The second kappa shape index (κ2) is 5.81. The molecule has 4 rings (SSSR count). The molecule has 5 heteroatoms. The number of rotatable bonds is 5. The fourth-order valence-electron chi connectivity index (χ4n) is 3.17. The molecule has 2 fully saturated rings. The van der Waals surface area contributed by atoms with Gasteiger partial charge in [-0.3, -0.25) is 14.4 Å². The summed E-state index contributed by atoms with van der Waals surface area (Å²) in [6, 6.07) is 10.6. The zero-order valence-corrected chi connectivity index (χ0v) is 13.4. The molecule has 2 heterocycles. The molecule has 0 spiro atoms. The monoisotopic (exact) mass is 310 g/mol. The Morgan fingerprint density at radius 1 is 1.26 bits per heavy atom. The van der Waals surface area contributed by atoms with Gasteiger partial charge in [0.2, 0.25) is 5.91 Å². The van der Waals surface area contributed by atoms with Gasteiger partial charge < -0.3 is 5.32 Å². The molecular formula is C18H22N4O. The highest BCUT2D eigenvalue weighted by Gasteiger charge is 2.39. The molecule has 1 amide bonds. The van der Waals surface area contributed by atoms with Crippen LogP contribution in [-0.4, -0.2) is 39.7 Å². The standard InChI is InChI=1S/C18H22N4O/c1-13-9-19-22(10-13)16-11-21(12-16)17(14-5-3-2-4-6-14)18(23)20-15-7-8-15/h2-6,9-10,15-17H,7-8,11-12H2,1H3,(H,20,23)/t17-/m0/s1. The van der Waals surface area contributed by atoms with Crippen LogP contribution in [0.5, 0.6) is 0 Å². The van der Waals surface area contributed by atoms with Crippen molar-refractivity contribution in [1.29, 1.82) is 0 Å². The van der Waals surface area contributed by atoms with Crippen molar-refractivity contribution < 1.29 is 4.79 Å². The Labute approximate surface area is 136 Å². The van der Waals surface area contributed by atoms with Crippen LogP contribution < -0.4 is 5.32 Å². The van der Waals surface area contributed by atoms with Crippen LogP contribution in [0.15, 0.2) is 42.7 Å². The van der Waals surface area contributed by atoms with Gasteiger partial charge in [0.25, 0.3) is 0 Å². The average Bonchev–Trinajstić information content (AvgIpc) is 3.22. The van der Waals surface area contributed by atoms with Crippen LogP contribution in [0.25, 0.3) is 0 Å². The van der Waals surface area contributed by atoms with Crippen LogP contribution in [0, 0.1) is 6.92 Å². The summed E-state index contributed by atoms with van der Waals surface area (Å²) in [5, 5.41) is 7.55. The largest absolute Gasteiger partial charge is 0.352 e. The number of carbonyl (C=O) groups is 1. The van der Waals surface area contributed by atoms with Gasteiger partial charge in [-0.25, -0.2) is 0 Å². The lowest BCUT2D eigenvalue weighted by molar-refractivity contribution is -0.129. The number of hydrogen-bond donors (Lipinski definition) is 1. The molecule has 5 nitrogen and oxygen atoms in total. The Morgan fingerprint density at radius 3 is 2.61 bits per heavy atom. The van der Waals surface area contributed by atoms with Gasteiger partial charge in [-0.2, -0.15) is 5.10 Å². The van der Waals surface area contributed by atoms with Crippen LogP contribution in [0.4, 0.5) is 0 Å². The van der Waals surface area contributed by atoms with Gasteiger partial charge in [-0.1, -0.05) is 30.3 Å². The number of likely N-dealkylation sites (tertiary alicyclic amines) is 1. The molecule has 2 aliphatic rings. The first-order chi connectivity index (χ1) is 11.2. The van der Waals surface area contributed by atoms with Crippen molar-refractivity contribution >= 4 is 5.91 Å². The Morgan fingerprint density at radius 2 is 2.00 bits per heavy atom. The Bertz CT molecular complexity index is 686. The van der Waals surface area contributed by atoms with E-state index in [1.807, 2.05) is 41.2 Å². The van der Waals surface area contributed by atoms with Gasteiger partial charge in [-0.05, 0) is 30.9 Å². The summed E-state index contributed by atoms with van der Waals surface area (Å²) in [6.45, 7) is 3.77. The maximum atomic E-state index is 12.7. The zero-order valence-electron chi connectivity index (χ0n) is 13.4. The fraction of sp³-hybridized carbons (Fsp3) is 0.444. The molecule has 1 aliphatic heterocycles. The maximum absolute atomic E-state index is 12.7. The Kier molecular flexibility index (Phi) is 3.65. The molecule has 23 heavy (non-hydrogen) atoms. The molecule has 2 aromatic rings. The lowest BCUT2D eigenvalue weighted by Gasteiger charge is -2.43. The highest BCUT2D eigenvalue weighted by atomic mass is 16.2. The van der Waals surface area contributed by atoms with E-state index in [1.165, 1.54) is 5.56 Å². The van der Waals surface area contributed by atoms with Gasteiger partial charge in [0.05, 0.1) is 12.2 Å². The predicted octanol–water partition coefficient (Wildman–Crippen LogP) is 2.07. The minimum absolute atomic E-state index is 0.133. The summed E-state index contributed by atoms with van der Waals surface area (Å²) in [7, 11) is 0. The molecule has 1 saturated heterocycles. The molecule has 1 atom stereocenters. The van der Waals surface area contributed by atoms with Gasteiger partial charge in [0.1, 0.15) is 6.04 Å². The third-order valence-corrected chi connectivity index (χ3v) is 4.65. The summed E-state index contributed by atoms with van der Waals surface area (Å²) in [6.07, 6.45) is 6.19. The van der Waals surface area contributed by atoms with E-state index < -0.39 is 0 Å². The summed E-state index contributed by atoms with van der Waals surface area (Å²) >= 11 is 0. The predicted molar refractivity (Wildman–Crippen MR) is 87.9 cm³/mol. The van der Waals surface area contributed by atoms with E-state index in [0.29, 0.717) is 12.1 Å². The van der Waals surface area contributed by atoms with Crippen LogP contribution >= 0.6 is 0 Å². The number of amides is 1. The van der Waals surface area contributed by atoms with Crippen molar-refractivity contribution in [2.45, 2.75) is 37.9 Å². The van der Waals surface area contributed by atoms with E-state index in [9.17, 15) is 4.79 Å². The highest BCUT2D eigenvalue weighted by molar-refractivity contribution is 5.83. The van der Waals surface area contributed by atoms with Crippen molar-refractivity contribution in [3.8, 4) is 0 Å². The Balaban J connectivity index is 1.49. The molecule has 1 aliphatic carbocycles. The second-order valence-corrected chi connectivity index (χ2v) is 6.70. The molecule has 0 radical (unpaired) electrons. The van der Waals surface area contributed by atoms with Crippen molar-refractivity contribution in [1.82, 2.24) is 20.0 Å². The summed E-state index contributed by atoms with van der Waals surface area (Å²) in [5.74, 6) is 0.133. The van der Waals surface area contributed by atoms with Gasteiger partial charge in [0, 0.05) is 25.3 Å². The SMILES string of the molecule is Cc1cnn(C2CN([C@H](C(=O)NC3CC3)c3ccccc3)C2)c1. The molecule has 1 N–H and O–H groups in total. The van der Waals surface area contributed by atoms with Gasteiger partial charge in [-0.15, -0.1) is 0 Å². The summed E-state index contributed by atoms with van der Waals surface area (Å²) < 4.78 is 2.02. The van der Waals surface area contributed by atoms with Crippen LogP contribution in [0.3, 0.4) is 0 Å². The van der Waals surface area contributed by atoms with Crippen LogP contribution in [-0.2, 0) is 4.79 Å². The first kappa shape index (κ1) is 14.5. The summed E-state index contributed by atoms with van der Waals surface area (Å²) in [4.78, 5) is 14.9. The molecule has 1 aromatic carbocycles. The first-order valence-corrected chi connectivity index (χ1v) is 8.31. The van der Waals surface area contributed by atoms with E-state index in [2.05, 4.69) is 28.4 Å². The first-order valence-electron chi connectivity index (χ1n) is 8.31. The number of aromatic nitrogens is 2. The third-order valence-electron chi connectivity index (χ3n) is 4.65. The minimum Gasteiger partial charge on any atom is -0.352 e. The van der Waals surface area contributed by atoms with Crippen molar-refractivity contribution in [2.24, 2.45) is 0 Å². The number of nitrogens with one attached hydrogen (secondary N) is 1. The smallest absolute Gasteiger partial charge is 0.242 e. The van der Waals surface area contributed by atoms with E-state index in [1.54, 1.807) is 0 Å². The topological polar surface area (TPSA) is 50.2 Å². The van der Waals surface area contributed by atoms with Crippen LogP contribution in [0.2, 0.25) is 0 Å². The molecule has 1 aromatic heterocycles.